The van der Waals surface area contributed by atoms with Gasteiger partial charge in [-0.25, -0.2) is 4.79 Å². The van der Waals surface area contributed by atoms with E-state index in [1.807, 2.05) is 39.0 Å². The molecule has 0 aliphatic heterocycles. The van der Waals surface area contributed by atoms with E-state index in [1.54, 1.807) is 11.8 Å². The number of carbonyl (C=O) groups is 2. The molecule has 28 heavy (non-hydrogen) atoms. The minimum absolute atomic E-state index is 0.0764. The summed E-state index contributed by atoms with van der Waals surface area (Å²) in [6.07, 6.45) is 1.31. The molecular formula is C21H31BrN2O4. The Kier molecular flexibility index (Phi) is 7.51. The van der Waals surface area contributed by atoms with Crippen LogP contribution in [0.2, 0.25) is 0 Å². The normalized spacial score (nSPS) is 18.6. The maximum absolute atomic E-state index is 13.0. The van der Waals surface area contributed by atoms with Crippen LogP contribution in [0, 0.1) is 0 Å². The van der Waals surface area contributed by atoms with Crippen molar-refractivity contribution >= 4 is 27.9 Å². The van der Waals surface area contributed by atoms with Crippen molar-refractivity contribution in [2.24, 2.45) is 0 Å². The first kappa shape index (κ1) is 22.7. The topological polar surface area (TPSA) is 78.9 Å². The van der Waals surface area contributed by atoms with Crippen molar-refractivity contribution in [3.63, 3.8) is 0 Å². The number of hydrogen-bond donors (Lipinski definition) is 2. The quantitative estimate of drug-likeness (QED) is 0.705. The smallest absolute Gasteiger partial charge is 0.410 e. The molecule has 2 rings (SSSR count). The summed E-state index contributed by atoms with van der Waals surface area (Å²) in [5, 5.41) is 13.3. The Morgan fingerprint density at radius 1 is 1.39 bits per heavy atom. The first-order chi connectivity index (χ1) is 13.0. The number of hydrogen-bond acceptors (Lipinski definition) is 4. The molecule has 0 radical (unpaired) electrons. The van der Waals surface area contributed by atoms with Gasteiger partial charge in [-0.1, -0.05) is 28.1 Å². The third-order valence-electron chi connectivity index (χ3n) is 4.81. The largest absolute Gasteiger partial charge is 0.444 e. The van der Waals surface area contributed by atoms with Crippen LogP contribution in [0.4, 0.5) is 4.79 Å². The van der Waals surface area contributed by atoms with E-state index in [4.69, 9.17) is 4.74 Å². The standard InChI is InChI=1S/C21H31BrN2O4/c1-13(23-14(2)25)19(26)12-24(20(27)28-21(3,4)5)18-11-7-8-15-16(18)9-6-10-17(15)22/h6,9-10,13,18-19,26H,7-8,11-12H2,1-5H3,(H,23,25)/t13-,18-,19?/m0/s1. The molecule has 1 aromatic carbocycles. The van der Waals surface area contributed by atoms with Gasteiger partial charge in [0.05, 0.1) is 24.7 Å². The van der Waals surface area contributed by atoms with E-state index in [2.05, 4.69) is 21.2 Å². The lowest BCUT2D eigenvalue weighted by Gasteiger charge is -2.38. The average molecular weight is 455 g/mol. The van der Waals surface area contributed by atoms with Crippen LogP contribution in [0.15, 0.2) is 22.7 Å². The average Bonchev–Trinajstić information content (AvgIpc) is 2.57. The van der Waals surface area contributed by atoms with E-state index >= 15 is 0 Å². The predicted molar refractivity (Wildman–Crippen MR) is 112 cm³/mol. The van der Waals surface area contributed by atoms with Crippen LogP contribution in [-0.2, 0) is 16.0 Å². The Hall–Kier alpha value is -1.60. The number of aliphatic hydroxyl groups excluding tert-OH is 1. The predicted octanol–water partition coefficient (Wildman–Crippen LogP) is 3.95. The summed E-state index contributed by atoms with van der Waals surface area (Å²) in [4.78, 5) is 26.0. The van der Waals surface area contributed by atoms with Gasteiger partial charge in [-0.05, 0) is 64.2 Å². The Morgan fingerprint density at radius 3 is 2.68 bits per heavy atom. The molecule has 0 heterocycles. The van der Waals surface area contributed by atoms with Crippen molar-refractivity contribution in [1.29, 1.82) is 0 Å². The van der Waals surface area contributed by atoms with E-state index in [-0.39, 0.29) is 18.5 Å². The monoisotopic (exact) mass is 454 g/mol. The van der Waals surface area contributed by atoms with Gasteiger partial charge in [-0.2, -0.15) is 0 Å². The van der Waals surface area contributed by atoms with E-state index in [9.17, 15) is 14.7 Å². The zero-order valence-corrected chi connectivity index (χ0v) is 18.9. The maximum atomic E-state index is 13.0. The van der Waals surface area contributed by atoms with Gasteiger partial charge in [0.1, 0.15) is 5.60 Å². The summed E-state index contributed by atoms with van der Waals surface area (Å²) >= 11 is 3.61. The fourth-order valence-electron chi connectivity index (χ4n) is 3.53. The second-order valence-electron chi connectivity index (χ2n) is 8.40. The Balaban J connectivity index is 2.33. The summed E-state index contributed by atoms with van der Waals surface area (Å²) in [6, 6.07) is 5.34. The molecule has 2 N–H and O–H groups in total. The summed E-state index contributed by atoms with van der Waals surface area (Å²) < 4.78 is 6.67. The lowest BCUT2D eigenvalue weighted by Crippen LogP contribution is -2.50. The fourth-order valence-corrected chi connectivity index (χ4v) is 4.11. The van der Waals surface area contributed by atoms with Crippen molar-refractivity contribution in [1.82, 2.24) is 10.2 Å². The van der Waals surface area contributed by atoms with Gasteiger partial charge in [0.15, 0.2) is 0 Å². The highest BCUT2D eigenvalue weighted by Crippen LogP contribution is 2.38. The lowest BCUT2D eigenvalue weighted by molar-refractivity contribution is -0.120. The molecule has 0 saturated carbocycles. The Bertz CT molecular complexity index is 717. The van der Waals surface area contributed by atoms with Crippen molar-refractivity contribution in [3.05, 3.63) is 33.8 Å². The molecule has 0 bridgehead atoms. The van der Waals surface area contributed by atoms with Crippen LogP contribution in [0.25, 0.3) is 0 Å². The molecule has 6 nitrogen and oxygen atoms in total. The van der Waals surface area contributed by atoms with E-state index in [1.165, 1.54) is 12.5 Å². The highest BCUT2D eigenvalue weighted by Gasteiger charge is 2.35. The van der Waals surface area contributed by atoms with Crippen molar-refractivity contribution in [3.8, 4) is 0 Å². The van der Waals surface area contributed by atoms with E-state index < -0.39 is 23.8 Å². The van der Waals surface area contributed by atoms with Gasteiger partial charge in [0, 0.05) is 11.4 Å². The molecule has 3 atom stereocenters. The van der Waals surface area contributed by atoms with Gasteiger partial charge in [-0.3, -0.25) is 9.69 Å². The molecule has 0 saturated heterocycles. The number of fused-ring (bicyclic) bond motifs is 1. The second-order valence-corrected chi connectivity index (χ2v) is 9.26. The number of rotatable bonds is 5. The van der Waals surface area contributed by atoms with Crippen LogP contribution in [0.1, 0.15) is 64.6 Å². The lowest BCUT2D eigenvalue weighted by atomic mass is 9.86. The van der Waals surface area contributed by atoms with Crippen LogP contribution >= 0.6 is 15.9 Å². The van der Waals surface area contributed by atoms with Crippen LogP contribution in [0.5, 0.6) is 0 Å². The molecular weight excluding hydrogens is 424 g/mol. The number of carbonyl (C=O) groups excluding carboxylic acids is 2. The fraction of sp³-hybridized carbons (Fsp3) is 0.619. The van der Waals surface area contributed by atoms with Gasteiger partial charge in [0.25, 0.3) is 0 Å². The molecule has 1 unspecified atom stereocenters. The number of benzene rings is 1. The third-order valence-corrected chi connectivity index (χ3v) is 5.56. The molecule has 0 aromatic heterocycles. The number of halogens is 1. The van der Waals surface area contributed by atoms with Gasteiger partial charge in [-0.15, -0.1) is 0 Å². The summed E-state index contributed by atoms with van der Waals surface area (Å²) in [5.41, 5.74) is 1.63. The molecule has 1 aromatic rings. The zero-order chi connectivity index (χ0) is 21.1. The van der Waals surface area contributed by atoms with Crippen molar-refractivity contribution in [2.45, 2.75) is 77.7 Å². The molecule has 0 spiro atoms. The SMILES string of the molecule is CC(=O)N[C@@H](C)C(O)CN(C(=O)OC(C)(C)C)[C@H]1CCCc2c(Br)cccc21. The highest BCUT2D eigenvalue weighted by atomic mass is 79.9. The van der Waals surface area contributed by atoms with Crippen molar-refractivity contribution in [2.75, 3.05) is 6.54 Å². The minimum Gasteiger partial charge on any atom is -0.444 e. The van der Waals surface area contributed by atoms with E-state index in [0.717, 1.165) is 29.3 Å². The van der Waals surface area contributed by atoms with Crippen LogP contribution in [0.3, 0.4) is 0 Å². The van der Waals surface area contributed by atoms with Crippen molar-refractivity contribution < 1.29 is 19.4 Å². The molecule has 0 fully saturated rings. The third kappa shape index (κ3) is 5.95. The van der Waals surface area contributed by atoms with Crippen LogP contribution in [-0.4, -0.2) is 46.3 Å². The zero-order valence-electron chi connectivity index (χ0n) is 17.3. The number of nitrogens with zero attached hydrogens (tertiary/aromatic N) is 1. The van der Waals surface area contributed by atoms with Gasteiger partial charge < -0.3 is 15.2 Å². The minimum atomic E-state index is -0.908. The number of ether oxygens (including phenoxy) is 1. The molecule has 1 aliphatic carbocycles. The van der Waals surface area contributed by atoms with Gasteiger partial charge in [0.2, 0.25) is 5.91 Å². The highest BCUT2D eigenvalue weighted by molar-refractivity contribution is 9.10. The van der Waals surface area contributed by atoms with E-state index in [0.29, 0.717) is 0 Å². The summed E-state index contributed by atoms with van der Waals surface area (Å²) in [5.74, 6) is -0.220. The molecule has 2 amide bonds. The molecule has 156 valence electrons. The number of nitrogens with one attached hydrogen (secondary N) is 1. The summed E-state index contributed by atoms with van der Waals surface area (Å²) in [6.45, 7) is 8.68. The number of aliphatic hydroxyl groups is 1. The summed E-state index contributed by atoms with van der Waals surface area (Å²) in [7, 11) is 0. The first-order valence-electron chi connectivity index (χ1n) is 9.71. The second kappa shape index (κ2) is 9.27. The molecule has 7 heteroatoms. The Labute approximate surface area is 175 Å². The molecule has 1 aliphatic rings. The van der Waals surface area contributed by atoms with Crippen LogP contribution < -0.4 is 5.32 Å². The first-order valence-corrected chi connectivity index (χ1v) is 10.5. The Morgan fingerprint density at radius 2 is 2.07 bits per heavy atom. The van der Waals surface area contributed by atoms with Gasteiger partial charge >= 0.3 is 6.09 Å². The number of amides is 2. The maximum Gasteiger partial charge on any atom is 0.410 e.